The summed E-state index contributed by atoms with van der Waals surface area (Å²) in [6, 6.07) is 76.2. The Labute approximate surface area is 335 Å². The quantitative estimate of drug-likeness (QED) is 0.162. The number of thiophene rings is 1. The third-order valence-electron chi connectivity index (χ3n) is 11.1. The lowest BCUT2D eigenvalue weighted by atomic mass is 9.98. The number of benzene rings is 9. The van der Waals surface area contributed by atoms with Crippen molar-refractivity contribution in [1.82, 2.24) is 0 Å². The molecule has 268 valence electrons. The number of fused-ring (bicyclic) bond motifs is 6. The molecule has 0 saturated carbocycles. The van der Waals surface area contributed by atoms with Crippen molar-refractivity contribution >= 4 is 70.5 Å². The lowest BCUT2D eigenvalue weighted by molar-refractivity contribution is 0.669. The second-order valence-electron chi connectivity index (χ2n) is 14.5. The van der Waals surface area contributed by atoms with Gasteiger partial charge in [0.2, 0.25) is 0 Å². The van der Waals surface area contributed by atoms with Crippen molar-refractivity contribution in [2.45, 2.75) is 0 Å². The van der Waals surface area contributed by atoms with Crippen LogP contribution in [0, 0.1) is 0 Å². The zero-order valence-corrected chi connectivity index (χ0v) is 31.8. The molecule has 0 saturated heterocycles. The van der Waals surface area contributed by atoms with Gasteiger partial charge in [-0.1, -0.05) is 170 Å². The Hall–Kier alpha value is -7.20. The summed E-state index contributed by atoms with van der Waals surface area (Å²) in [5.74, 6) is 0. The Balaban J connectivity index is 1.15. The van der Waals surface area contributed by atoms with Gasteiger partial charge in [0.15, 0.2) is 5.58 Å². The molecular weight excluding hydrogens is 711 g/mol. The smallest absolute Gasteiger partial charge is 0.159 e. The highest BCUT2D eigenvalue weighted by atomic mass is 32.1. The molecule has 3 heteroatoms. The predicted molar refractivity (Wildman–Crippen MR) is 243 cm³/mol. The predicted octanol–water partition coefficient (Wildman–Crippen LogP) is 16.1. The number of para-hydroxylation sites is 1. The first-order valence-electron chi connectivity index (χ1n) is 19.3. The van der Waals surface area contributed by atoms with E-state index in [-0.39, 0.29) is 0 Å². The summed E-state index contributed by atoms with van der Waals surface area (Å²) in [6.45, 7) is 0. The highest BCUT2D eigenvalue weighted by Crippen LogP contribution is 2.50. The van der Waals surface area contributed by atoms with E-state index in [9.17, 15) is 0 Å². The topological polar surface area (TPSA) is 16.4 Å². The van der Waals surface area contributed by atoms with Gasteiger partial charge in [0.1, 0.15) is 5.58 Å². The molecule has 0 aliphatic carbocycles. The highest BCUT2D eigenvalue weighted by Gasteiger charge is 2.24. The van der Waals surface area contributed by atoms with Gasteiger partial charge in [-0.2, -0.15) is 0 Å². The molecule has 0 N–H and O–H groups in total. The maximum Gasteiger partial charge on any atom is 0.159 e. The first kappa shape index (κ1) is 33.2. The van der Waals surface area contributed by atoms with E-state index in [0.717, 1.165) is 55.7 Å². The highest BCUT2D eigenvalue weighted by molar-refractivity contribution is 7.26. The van der Waals surface area contributed by atoms with Gasteiger partial charge in [-0.05, 0) is 87.0 Å². The van der Waals surface area contributed by atoms with Gasteiger partial charge in [-0.25, -0.2) is 0 Å². The summed E-state index contributed by atoms with van der Waals surface area (Å²) in [5, 5.41) is 4.66. The van der Waals surface area contributed by atoms with Gasteiger partial charge in [0.05, 0.1) is 11.4 Å². The molecule has 2 nitrogen and oxygen atoms in total. The SMILES string of the molecule is c1ccc(-c2ccc(-c3cccc(N(c4cccc5c4oc4cc(-c6ccccc6)ccc45)c4ccc(-c5ccccc5)c5sc6ccccc6c45)c3)cc2)cc1. The molecule has 11 aromatic rings. The van der Waals surface area contributed by atoms with E-state index in [4.69, 9.17) is 4.42 Å². The third kappa shape index (κ3) is 5.80. The normalized spacial score (nSPS) is 11.5. The van der Waals surface area contributed by atoms with Crippen molar-refractivity contribution in [2.75, 3.05) is 4.90 Å². The van der Waals surface area contributed by atoms with E-state index in [1.807, 2.05) is 11.3 Å². The maximum atomic E-state index is 6.97. The largest absolute Gasteiger partial charge is 0.454 e. The average Bonchev–Trinajstić information content (AvgIpc) is 3.87. The summed E-state index contributed by atoms with van der Waals surface area (Å²) in [6.07, 6.45) is 0. The minimum Gasteiger partial charge on any atom is -0.454 e. The van der Waals surface area contributed by atoms with Crippen LogP contribution in [0.4, 0.5) is 17.1 Å². The van der Waals surface area contributed by atoms with Crippen molar-refractivity contribution in [2.24, 2.45) is 0 Å². The van der Waals surface area contributed by atoms with Crippen LogP contribution in [0.5, 0.6) is 0 Å². The molecule has 57 heavy (non-hydrogen) atoms. The fourth-order valence-electron chi connectivity index (χ4n) is 8.33. The average molecular weight is 746 g/mol. The fraction of sp³-hybridized carbons (Fsp3) is 0. The van der Waals surface area contributed by atoms with Crippen LogP contribution in [-0.2, 0) is 0 Å². The molecule has 0 aliphatic rings. The second kappa shape index (κ2) is 13.8. The Morgan fingerprint density at radius 2 is 0.930 bits per heavy atom. The van der Waals surface area contributed by atoms with Crippen LogP contribution in [-0.4, -0.2) is 0 Å². The molecule has 2 aromatic heterocycles. The van der Waals surface area contributed by atoms with E-state index in [1.165, 1.54) is 48.0 Å². The van der Waals surface area contributed by atoms with Crippen molar-refractivity contribution in [3.63, 3.8) is 0 Å². The molecule has 11 rings (SSSR count). The molecule has 0 aliphatic heterocycles. The molecule has 0 unspecified atom stereocenters. The van der Waals surface area contributed by atoms with Crippen LogP contribution in [0.1, 0.15) is 0 Å². The summed E-state index contributed by atoms with van der Waals surface area (Å²) in [5.41, 5.74) is 14.4. The summed E-state index contributed by atoms with van der Waals surface area (Å²) >= 11 is 1.86. The fourth-order valence-corrected chi connectivity index (χ4v) is 9.59. The van der Waals surface area contributed by atoms with E-state index in [1.54, 1.807) is 0 Å². The van der Waals surface area contributed by atoms with E-state index >= 15 is 0 Å². The number of furan rings is 1. The van der Waals surface area contributed by atoms with E-state index in [2.05, 4.69) is 217 Å². The van der Waals surface area contributed by atoms with E-state index in [0.29, 0.717) is 0 Å². The van der Waals surface area contributed by atoms with Crippen LogP contribution in [0.2, 0.25) is 0 Å². The van der Waals surface area contributed by atoms with Crippen molar-refractivity contribution < 1.29 is 4.42 Å². The van der Waals surface area contributed by atoms with Crippen molar-refractivity contribution in [3.8, 4) is 44.5 Å². The summed E-state index contributed by atoms with van der Waals surface area (Å²) < 4.78 is 9.50. The zero-order valence-electron chi connectivity index (χ0n) is 31.0. The molecule has 0 atom stereocenters. The number of anilines is 3. The second-order valence-corrected chi connectivity index (χ2v) is 15.5. The first-order valence-corrected chi connectivity index (χ1v) is 20.1. The van der Waals surface area contributed by atoms with Gasteiger partial charge in [-0.3, -0.25) is 0 Å². The van der Waals surface area contributed by atoms with Crippen LogP contribution in [0.15, 0.2) is 217 Å². The Morgan fingerprint density at radius 1 is 0.368 bits per heavy atom. The number of hydrogen-bond donors (Lipinski definition) is 0. The standard InChI is InChI=1S/C54H35NOS/c1-4-14-36(15-5-1)38-26-28-39(29-27-38)41-20-12-21-43(34-41)55(48-33-32-44(40-18-8-3-9-19-40)54-52(48)47-22-10-11-25-51(47)57-54)49-24-13-23-46-45-31-30-42(35-50(45)56-53(46)49)37-16-6-2-7-17-37/h1-35H. The van der Waals surface area contributed by atoms with Gasteiger partial charge in [-0.15, -0.1) is 11.3 Å². The van der Waals surface area contributed by atoms with Crippen LogP contribution in [0.25, 0.3) is 86.6 Å². The van der Waals surface area contributed by atoms with Gasteiger partial charge >= 0.3 is 0 Å². The van der Waals surface area contributed by atoms with E-state index < -0.39 is 0 Å². The minimum atomic E-state index is 0.857. The molecule has 0 bridgehead atoms. The van der Waals surface area contributed by atoms with Gasteiger partial charge in [0, 0.05) is 36.6 Å². The number of rotatable bonds is 7. The Kier molecular flexibility index (Phi) is 8.04. The molecular formula is C54H35NOS. The molecule has 0 amide bonds. The Morgan fingerprint density at radius 3 is 1.68 bits per heavy atom. The molecule has 9 aromatic carbocycles. The molecule has 2 heterocycles. The Bertz CT molecular complexity index is 3220. The molecule has 0 fully saturated rings. The number of nitrogens with zero attached hydrogens (tertiary/aromatic N) is 1. The van der Waals surface area contributed by atoms with Crippen molar-refractivity contribution in [1.29, 1.82) is 0 Å². The van der Waals surface area contributed by atoms with Gasteiger partial charge < -0.3 is 9.32 Å². The van der Waals surface area contributed by atoms with Crippen molar-refractivity contribution in [3.05, 3.63) is 212 Å². The minimum absolute atomic E-state index is 0.857. The van der Waals surface area contributed by atoms with Gasteiger partial charge in [0.25, 0.3) is 0 Å². The van der Waals surface area contributed by atoms with Crippen LogP contribution < -0.4 is 4.90 Å². The third-order valence-corrected chi connectivity index (χ3v) is 12.3. The monoisotopic (exact) mass is 745 g/mol. The maximum absolute atomic E-state index is 6.97. The van der Waals surface area contributed by atoms with Crippen LogP contribution in [0.3, 0.4) is 0 Å². The first-order chi connectivity index (χ1) is 28.3. The lowest BCUT2D eigenvalue weighted by Crippen LogP contribution is -2.11. The molecule has 0 radical (unpaired) electrons. The summed E-state index contributed by atoms with van der Waals surface area (Å²) in [7, 11) is 0. The zero-order chi connectivity index (χ0) is 37.7. The van der Waals surface area contributed by atoms with Crippen LogP contribution >= 0.6 is 11.3 Å². The lowest BCUT2D eigenvalue weighted by Gasteiger charge is -2.27. The summed E-state index contributed by atoms with van der Waals surface area (Å²) in [4.78, 5) is 2.42. The molecule has 0 spiro atoms. The number of hydrogen-bond acceptors (Lipinski definition) is 3.